The molecule has 6 nitrogen and oxygen atoms in total. The normalized spacial score (nSPS) is 10.6. The van der Waals surface area contributed by atoms with E-state index in [1.165, 1.54) is 23.9 Å². The lowest BCUT2D eigenvalue weighted by Gasteiger charge is -2.10. The second-order valence-electron chi connectivity index (χ2n) is 5.93. The van der Waals surface area contributed by atoms with Gasteiger partial charge in [-0.05, 0) is 49.2 Å². The number of hydrogen-bond acceptors (Lipinski definition) is 6. The minimum absolute atomic E-state index is 0.137. The number of aromatic nitrogens is 2. The fraction of sp³-hybridized carbons (Fsp3) is 0.211. The number of thioether (sulfide) groups is 1. The maximum Gasteiger partial charge on any atom is 0.277 e. The summed E-state index contributed by atoms with van der Waals surface area (Å²) in [5.41, 5.74) is 3.61. The summed E-state index contributed by atoms with van der Waals surface area (Å²) < 4.78 is 18.4. The zero-order chi connectivity index (χ0) is 19.2. The minimum Gasteiger partial charge on any atom is -0.414 e. The van der Waals surface area contributed by atoms with E-state index in [0.717, 1.165) is 22.5 Å². The number of rotatable bonds is 7. The van der Waals surface area contributed by atoms with Crippen molar-refractivity contribution in [2.24, 2.45) is 0 Å². The zero-order valence-electron chi connectivity index (χ0n) is 15.0. The van der Waals surface area contributed by atoms with Gasteiger partial charge in [0.05, 0.1) is 12.3 Å². The molecule has 0 saturated heterocycles. The van der Waals surface area contributed by atoms with Crippen molar-refractivity contribution in [1.82, 2.24) is 10.2 Å². The van der Waals surface area contributed by atoms with E-state index >= 15 is 0 Å². The van der Waals surface area contributed by atoms with Crippen LogP contribution in [0.25, 0.3) is 0 Å². The third-order valence-corrected chi connectivity index (χ3v) is 4.63. The number of anilines is 2. The highest BCUT2D eigenvalue weighted by Gasteiger charge is 2.11. The lowest BCUT2D eigenvalue weighted by Crippen LogP contribution is -2.15. The van der Waals surface area contributed by atoms with Gasteiger partial charge in [-0.2, -0.15) is 0 Å². The van der Waals surface area contributed by atoms with E-state index in [1.54, 1.807) is 12.1 Å². The topological polar surface area (TPSA) is 80.0 Å². The van der Waals surface area contributed by atoms with Crippen LogP contribution in [0, 0.1) is 19.7 Å². The largest absolute Gasteiger partial charge is 0.414 e. The molecule has 0 fully saturated rings. The summed E-state index contributed by atoms with van der Waals surface area (Å²) in [4.78, 5) is 12.2. The highest BCUT2D eigenvalue weighted by Crippen LogP contribution is 2.21. The van der Waals surface area contributed by atoms with Crippen molar-refractivity contribution in [3.05, 3.63) is 65.3 Å². The lowest BCUT2D eigenvalue weighted by molar-refractivity contribution is -0.113. The number of para-hydroxylation sites is 1. The molecule has 1 aromatic heterocycles. The summed E-state index contributed by atoms with van der Waals surface area (Å²) in [6.45, 7) is 4.22. The van der Waals surface area contributed by atoms with E-state index in [2.05, 4.69) is 20.8 Å². The predicted octanol–water partition coefficient (Wildman–Crippen LogP) is 4.17. The first-order valence-electron chi connectivity index (χ1n) is 8.32. The Bertz CT molecular complexity index is 907. The molecule has 2 aromatic carbocycles. The van der Waals surface area contributed by atoms with E-state index < -0.39 is 0 Å². The molecule has 0 radical (unpaired) electrons. The molecule has 140 valence electrons. The van der Waals surface area contributed by atoms with E-state index in [0.29, 0.717) is 17.7 Å². The lowest BCUT2D eigenvalue weighted by atomic mass is 10.1. The number of nitrogens with zero attached hydrogens (tertiary/aromatic N) is 2. The SMILES string of the molecule is Cc1cccc(C)c1NC(=O)CSc1nnc(CNc2ccc(F)cc2)o1. The predicted molar refractivity (Wildman–Crippen MR) is 103 cm³/mol. The van der Waals surface area contributed by atoms with Crippen LogP contribution in [0.4, 0.5) is 15.8 Å². The first-order chi connectivity index (χ1) is 13.0. The molecule has 0 aliphatic heterocycles. The van der Waals surface area contributed by atoms with Gasteiger partial charge in [-0.15, -0.1) is 10.2 Å². The second-order valence-corrected chi connectivity index (χ2v) is 6.85. The zero-order valence-corrected chi connectivity index (χ0v) is 15.8. The summed E-state index contributed by atoms with van der Waals surface area (Å²) in [5, 5.41) is 14.2. The third kappa shape index (κ3) is 5.30. The highest BCUT2D eigenvalue weighted by atomic mass is 32.2. The molecule has 27 heavy (non-hydrogen) atoms. The standard InChI is InChI=1S/C19H19FN4O2S/c1-12-4-3-5-13(2)18(12)22-16(25)11-27-19-24-23-17(26-19)10-21-15-8-6-14(20)7-9-15/h3-9,21H,10-11H2,1-2H3,(H,22,25). The monoisotopic (exact) mass is 386 g/mol. The third-order valence-electron chi connectivity index (χ3n) is 3.81. The van der Waals surface area contributed by atoms with Gasteiger partial charge in [-0.1, -0.05) is 30.0 Å². The Kier molecular flexibility index (Phi) is 6.08. The molecule has 2 N–H and O–H groups in total. The molecule has 0 saturated carbocycles. The Hall–Kier alpha value is -2.87. The van der Waals surface area contributed by atoms with Crippen molar-refractivity contribution < 1.29 is 13.6 Å². The molecule has 3 aromatic rings. The molecular formula is C19H19FN4O2S. The molecule has 0 aliphatic rings. The van der Waals surface area contributed by atoms with Crippen LogP contribution < -0.4 is 10.6 Å². The fourth-order valence-electron chi connectivity index (χ4n) is 2.43. The highest BCUT2D eigenvalue weighted by molar-refractivity contribution is 7.99. The average molecular weight is 386 g/mol. The molecule has 0 spiro atoms. The van der Waals surface area contributed by atoms with Crippen LogP contribution in [0.2, 0.25) is 0 Å². The van der Waals surface area contributed by atoms with Crippen LogP contribution in [0.5, 0.6) is 0 Å². The van der Waals surface area contributed by atoms with Crippen molar-refractivity contribution in [3.8, 4) is 0 Å². The number of carbonyl (C=O) groups excluding carboxylic acids is 1. The van der Waals surface area contributed by atoms with Crippen LogP contribution in [-0.4, -0.2) is 21.9 Å². The first-order valence-corrected chi connectivity index (χ1v) is 9.30. The van der Waals surface area contributed by atoms with Gasteiger partial charge in [-0.25, -0.2) is 4.39 Å². The number of benzene rings is 2. The average Bonchev–Trinajstić information content (AvgIpc) is 3.11. The molecule has 0 unspecified atom stereocenters. The quantitative estimate of drug-likeness (QED) is 0.593. The van der Waals surface area contributed by atoms with Gasteiger partial charge in [0.25, 0.3) is 5.22 Å². The van der Waals surface area contributed by atoms with Crippen molar-refractivity contribution in [2.75, 3.05) is 16.4 Å². The molecule has 0 atom stereocenters. The van der Waals surface area contributed by atoms with Crippen molar-refractivity contribution >= 4 is 29.0 Å². The maximum atomic E-state index is 12.9. The van der Waals surface area contributed by atoms with Crippen LogP contribution >= 0.6 is 11.8 Å². The van der Waals surface area contributed by atoms with E-state index in [1.807, 2.05) is 32.0 Å². The van der Waals surface area contributed by atoms with Crippen LogP contribution in [-0.2, 0) is 11.3 Å². The van der Waals surface area contributed by atoms with Gasteiger partial charge >= 0.3 is 0 Å². The van der Waals surface area contributed by atoms with Crippen molar-refractivity contribution in [1.29, 1.82) is 0 Å². The number of nitrogens with one attached hydrogen (secondary N) is 2. The molecular weight excluding hydrogens is 367 g/mol. The van der Waals surface area contributed by atoms with E-state index in [-0.39, 0.29) is 17.5 Å². The Morgan fingerprint density at radius 1 is 1.11 bits per heavy atom. The summed E-state index contributed by atoms with van der Waals surface area (Å²) in [6.07, 6.45) is 0. The van der Waals surface area contributed by atoms with Gasteiger partial charge in [-0.3, -0.25) is 4.79 Å². The van der Waals surface area contributed by atoms with Gasteiger partial charge in [0.2, 0.25) is 11.8 Å². The van der Waals surface area contributed by atoms with E-state index in [9.17, 15) is 9.18 Å². The van der Waals surface area contributed by atoms with Crippen molar-refractivity contribution in [2.45, 2.75) is 25.6 Å². The Morgan fingerprint density at radius 2 is 1.81 bits per heavy atom. The molecule has 0 aliphatic carbocycles. The van der Waals surface area contributed by atoms with E-state index in [4.69, 9.17) is 4.42 Å². The summed E-state index contributed by atoms with van der Waals surface area (Å²) in [6, 6.07) is 11.8. The Balaban J connectivity index is 1.49. The molecule has 1 amide bonds. The minimum atomic E-state index is -0.295. The molecule has 1 heterocycles. The number of amides is 1. The number of carbonyl (C=O) groups is 1. The van der Waals surface area contributed by atoms with Gasteiger partial charge in [0.1, 0.15) is 5.82 Å². The smallest absolute Gasteiger partial charge is 0.277 e. The maximum absolute atomic E-state index is 12.9. The van der Waals surface area contributed by atoms with Crippen LogP contribution in [0.3, 0.4) is 0 Å². The Labute approximate surface area is 160 Å². The second kappa shape index (κ2) is 8.68. The van der Waals surface area contributed by atoms with Gasteiger partial charge in [0, 0.05) is 11.4 Å². The fourth-order valence-corrected chi connectivity index (χ4v) is 3.01. The number of aryl methyl sites for hydroxylation is 2. The Morgan fingerprint density at radius 3 is 2.52 bits per heavy atom. The first kappa shape index (κ1) is 18.9. The summed E-state index contributed by atoms with van der Waals surface area (Å²) >= 11 is 1.17. The molecule has 8 heteroatoms. The van der Waals surface area contributed by atoms with Gasteiger partial charge in [0.15, 0.2) is 0 Å². The number of hydrogen-bond donors (Lipinski definition) is 2. The summed E-state index contributed by atoms with van der Waals surface area (Å²) in [7, 11) is 0. The summed E-state index contributed by atoms with van der Waals surface area (Å²) in [5.74, 6) is 0.121. The molecule has 0 bridgehead atoms. The van der Waals surface area contributed by atoms with Crippen molar-refractivity contribution in [3.63, 3.8) is 0 Å². The number of halogens is 1. The molecule has 3 rings (SSSR count). The van der Waals surface area contributed by atoms with Crippen LogP contribution in [0.1, 0.15) is 17.0 Å². The van der Waals surface area contributed by atoms with Gasteiger partial charge < -0.3 is 15.1 Å². The van der Waals surface area contributed by atoms with Crippen LogP contribution in [0.15, 0.2) is 52.1 Å².